The normalized spacial score (nSPS) is 12.8. The molecule has 0 N–H and O–H groups in total. The molecule has 0 saturated carbocycles. The van der Waals surface area contributed by atoms with Gasteiger partial charge in [0.05, 0.1) is 31.8 Å². The molecule has 162 valence electrons. The number of rotatable bonds is 7. The van der Waals surface area contributed by atoms with Gasteiger partial charge in [0.2, 0.25) is 0 Å². The van der Waals surface area contributed by atoms with Gasteiger partial charge in [-0.1, -0.05) is 18.2 Å². The predicted molar refractivity (Wildman–Crippen MR) is 111 cm³/mol. The summed E-state index contributed by atoms with van der Waals surface area (Å²) < 4.78 is 15.1. The fraction of sp³-hybridized carbons (Fsp3) is 0.174. The lowest BCUT2D eigenvalue weighted by Gasteiger charge is -2.14. The summed E-state index contributed by atoms with van der Waals surface area (Å²) in [6.45, 7) is -0.126. The van der Waals surface area contributed by atoms with Gasteiger partial charge in [-0.05, 0) is 35.9 Å². The maximum Gasteiger partial charge on any atom is 0.348 e. The number of imide groups is 1. The number of benzene rings is 2. The molecule has 1 aliphatic rings. The molecule has 3 rings (SSSR count). The number of carbonyl (C=O) groups excluding carboxylic acids is 4. The molecule has 2 aromatic rings. The van der Waals surface area contributed by atoms with Gasteiger partial charge in [0, 0.05) is 6.54 Å². The highest BCUT2D eigenvalue weighted by Gasteiger charge is 2.35. The minimum Gasteiger partial charge on any atom is -0.493 e. The molecular weight excluding hydrogens is 416 g/mol. The lowest BCUT2D eigenvalue weighted by atomic mass is 10.1. The van der Waals surface area contributed by atoms with Crippen molar-refractivity contribution in [2.75, 3.05) is 20.8 Å². The van der Waals surface area contributed by atoms with Gasteiger partial charge in [0.25, 0.3) is 11.8 Å². The Balaban J connectivity index is 1.67. The van der Waals surface area contributed by atoms with E-state index in [-0.39, 0.29) is 30.0 Å². The Morgan fingerprint density at radius 3 is 2.25 bits per heavy atom. The Morgan fingerprint density at radius 2 is 1.69 bits per heavy atom. The van der Waals surface area contributed by atoms with Gasteiger partial charge >= 0.3 is 11.9 Å². The minimum atomic E-state index is -0.782. The fourth-order valence-electron chi connectivity index (χ4n) is 3.09. The van der Waals surface area contributed by atoms with Crippen molar-refractivity contribution < 1.29 is 33.4 Å². The van der Waals surface area contributed by atoms with E-state index in [1.807, 2.05) is 0 Å². The third-order valence-electron chi connectivity index (χ3n) is 4.67. The monoisotopic (exact) mass is 434 g/mol. The van der Waals surface area contributed by atoms with E-state index >= 15 is 0 Å². The lowest BCUT2D eigenvalue weighted by Crippen LogP contribution is -2.32. The van der Waals surface area contributed by atoms with Crippen LogP contribution in [0.1, 0.15) is 32.7 Å². The van der Waals surface area contributed by atoms with Crippen LogP contribution in [-0.4, -0.2) is 49.4 Å². The Bertz CT molecular complexity index is 1140. The van der Waals surface area contributed by atoms with Gasteiger partial charge in [-0.2, -0.15) is 5.26 Å². The molecule has 0 aliphatic carbocycles. The van der Waals surface area contributed by atoms with Crippen molar-refractivity contribution >= 4 is 29.8 Å². The summed E-state index contributed by atoms with van der Waals surface area (Å²) >= 11 is 0. The topological polar surface area (TPSA) is 123 Å². The van der Waals surface area contributed by atoms with Crippen molar-refractivity contribution in [2.24, 2.45) is 0 Å². The summed E-state index contributed by atoms with van der Waals surface area (Å²) in [4.78, 5) is 49.6. The Kier molecular flexibility index (Phi) is 6.65. The van der Waals surface area contributed by atoms with Crippen LogP contribution < -0.4 is 9.47 Å². The van der Waals surface area contributed by atoms with Crippen LogP contribution in [0.15, 0.2) is 48.0 Å². The largest absolute Gasteiger partial charge is 0.493 e. The van der Waals surface area contributed by atoms with Crippen LogP contribution in [0.3, 0.4) is 0 Å². The molecule has 0 saturated heterocycles. The highest BCUT2D eigenvalue weighted by Crippen LogP contribution is 2.30. The first-order chi connectivity index (χ1) is 15.4. The second-order valence-electron chi connectivity index (χ2n) is 6.60. The average molecular weight is 434 g/mol. The van der Waals surface area contributed by atoms with E-state index in [2.05, 4.69) is 4.74 Å². The van der Waals surface area contributed by atoms with E-state index in [1.165, 1.54) is 38.5 Å². The number of carbonyl (C=O) groups is 4. The van der Waals surface area contributed by atoms with E-state index in [0.717, 1.165) is 4.90 Å². The number of nitrogens with zero attached hydrogens (tertiary/aromatic N) is 2. The molecule has 0 radical (unpaired) electrons. The van der Waals surface area contributed by atoms with Gasteiger partial charge in [-0.25, -0.2) is 4.79 Å². The summed E-state index contributed by atoms with van der Waals surface area (Å²) in [5, 5.41) is 9.06. The first kappa shape index (κ1) is 22.2. The predicted octanol–water partition coefficient (Wildman–Crippen LogP) is 2.37. The Hall–Kier alpha value is -4.45. The van der Waals surface area contributed by atoms with Crippen molar-refractivity contribution in [3.63, 3.8) is 0 Å². The molecule has 2 amide bonds. The van der Waals surface area contributed by atoms with Gasteiger partial charge in [0.1, 0.15) is 11.6 Å². The fourth-order valence-corrected chi connectivity index (χ4v) is 3.09. The van der Waals surface area contributed by atoms with Crippen LogP contribution in [0.5, 0.6) is 11.5 Å². The number of hydrogen-bond acceptors (Lipinski definition) is 8. The third kappa shape index (κ3) is 4.49. The molecule has 9 heteroatoms. The molecule has 0 unspecified atom stereocenters. The van der Waals surface area contributed by atoms with Crippen LogP contribution in [0, 0.1) is 11.3 Å². The number of esters is 2. The van der Waals surface area contributed by atoms with Crippen LogP contribution in [-0.2, 0) is 14.3 Å². The zero-order valence-corrected chi connectivity index (χ0v) is 17.3. The number of amides is 2. The lowest BCUT2D eigenvalue weighted by molar-refractivity contribution is -0.136. The molecule has 1 heterocycles. The summed E-state index contributed by atoms with van der Waals surface area (Å²) in [5.41, 5.74) is 0.856. The van der Waals surface area contributed by atoms with E-state index < -0.39 is 23.8 Å². The second kappa shape index (κ2) is 9.57. The van der Waals surface area contributed by atoms with E-state index in [9.17, 15) is 19.2 Å². The number of fused-ring (bicyclic) bond motifs is 1. The zero-order chi connectivity index (χ0) is 23.3. The molecule has 0 bridgehead atoms. The van der Waals surface area contributed by atoms with Gasteiger partial charge in [-0.3, -0.25) is 19.3 Å². The Labute approximate surface area is 183 Å². The molecule has 0 spiro atoms. The number of hydrogen-bond donors (Lipinski definition) is 0. The number of methoxy groups -OCH3 is 2. The smallest absolute Gasteiger partial charge is 0.348 e. The molecular formula is C23H18N2O7. The van der Waals surface area contributed by atoms with E-state index in [0.29, 0.717) is 16.7 Å². The molecule has 1 aliphatic heterocycles. The summed E-state index contributed by atoms with van der Waals surface area (Å²) in [6, 6.07) is 12.6. The third-order valence-corrected chi connectivity index (χ3v) is 4.67. The summed E-state index contributed by atoms with van der Waals surface area (Å²) in [6.07, 6.45) is 1.10. The van der Waals surface area contributed by atoms with Gasteiger partial charge in [-0.15, -0.1) is 0 Å². The van der Waals surface area contributed by atoms with Crippen molar-refractivity contribution in [1.29, 1.82) is 5.26 Å². The minimum absolute atomic E-state index is 0.105. The summed E-state index contributed by atoms with van der Waals surface area (Å²) in [7, 11) is 2.53. The zero-order valence-electron chi connectivity index (χ0n) is 17.3. The highest BCUT2D eigenvalue weighted by molar-refractivity contribution is 6.21. The number of nitriles is 1. The van der Waals surface area contributed by atoms with Gasteiger partial charge < -0.3 is 14.2 Å². The second-order valence-corrected chi connectivity index (χ2v) is 6.60. The van der Waals surface area contributed by atoms with Crippen molar-refractivity contribution in [3.8, 4) is 17.6 Å². The first-order valence-electron chi connectivity index (χ1n) is 9.43. The molecule has 0 aromatic heterocycles. The van der Waals surface area contributed by atoms with Crippen LogP contribution >= 0.6 is 0 Å². The van der Waals surface area contributed by atoms with Gasteiger partial charge in [0.15, 0.2) is 11.5 Å². The average Bonchev–Trinajstić information content (AvgIpc) is 3.06. The molecule has 0 atom stereocenters. The highest BCUT2D eigenvalue weighted by atomic mass is 16.6. The Morgan fingerprint density at radius 1 is 1.03 bits per heavy atom. The maximum absolute atomic E-state index is 12.4. The van der Waals surface area contributed by atoms with Crippen LogP contribution in [0.2, 0.25) is 0 Å². The standard InChI is InChI=1S/C23H18N2O7/c1-30-19-12-14(11-15(13-24)23(29)31-2)7-8-18(19)32-20(26)9-10-25-21(27)16-5-3-4-6-17(16)22(25)28/h3-8,11-12H,9-10H2,1-2H3. The molecule has 0 fully saturated rings. The van der Waals surface area contributed by atoms with Crippen LogP contribution in [0.4, 0.5) is 0 Å². The SMILES string of the molecule is COC(=O)C(C#N)=Cc1ccc(OC(=O)CCN2C(=O)c3ccccc3C2=O)c(OC)c1. The van der Waals surface area contributed by atoms with E-state index in [1.54, 1.807) is 30.3 Å². The van der Waals surface area contributed by atoms with Crippen LogP contribution in [0.25, 0.3) is 6.08 Å². The summed E-state index contributed by atoms with van der Waals surface area (Å²) in [5.74, 6) is -2.06. The van der Waals surface area contributed by atoms with E-state index in [4.69, 9.17) is 14.7 Å². The number of ether oxygens (including phenoxy) is 3. The molecule has 9 nitrogen and oxygen atoms in total. The van der Waals surface area contributed by atoms with Crippen molar-refractivity contribution in [1.82, 2.24) is 4.90 Å². The molecule has 2 aromatic carbocycles. The maximum atomic E-state index is 12.4. The molecule has 32 heavy (non-hydrogen) atoms. The van der Waals surface area contributed by atoms with Crippen molar-refractivity contribution in [3.05, 3.63) is 64.7 Å². The first-order valence-corrected chi connectivity index (χ1v) is 9.43. The van der Waals surface area contributed by atoms with Crippen molar-refractivity contribution in [2.45, 2.75) is 6.42 Å². The quantitative estimate of drug-likeness (QED) is 0.214.